The highest BCUT2D eigenvalue weighted by Crippen LogP contribution is 2.26. The quantitative estimate of drug-likeness (QED) is 0.591. The molecule has 1 aromatic carbocycles. The van der Waals surface area contributed by atoms with Crippen LogP contribution in [-0.2, 0) is 6.42 Å². The highest BCUT2D eigenvalue weighted by molar-refractivity contribution is 5.82. The van der Waals surface area contributed by atoms with Crippen molar-refractivity contribution in [2.24, 2.45) is 10.8 Å². The number of anilines is 1. The first-order valence-electron chi connectivity index (χ1n) is 5.59. The number of primary amides is 1. The van der Waals surface area contributed by atoms with Gasteiger partial charge in [-0.1, -0.05) is 6.07 Å². The Balaban J connectivity index is 2.16. The summed E-state index contributed by atoms with van der Waals surface area (Å²) in [5.41, 5.74) is 10.7. The molecule has 2 amide bonds. The zero-order valence-corrected chi connectivity index (χ0v) is 9.81. The number of hydrazone groups is 1. The van der Waals surface area contributed by atoms with Crippen LogP contribution < -0.4 is 16.1 Å². The molecule has 90 valence electrons. The molecule has 17 heavy (non-hydrogen) atoms. The Bertz CT molecular complexity index is 456. The second kappa shape index (κ2) is 4.86. The molecule has 0 fully saturated rings. The molecule has 3 N–H and O–H groups in total. The highest BCUT2D eigenvalue weighted by atomic mass is 16.2. The van der Waals surface area contributed by atoms with Gasteiger partial charge in [-0.25, -0.2) is 10.2 Å². The first-order chi connectivity index (χ1) is 8.16. The topological polar surface area (TPSA) is 70.7 Å². The number of carbonyl (C=O) groups excluding carboxylic acids is 1. The lowest BCUT2D eigenvalue weighted by Gasteiger charge is -2.27. The van der Waals surface area contributed by atoms with Crippen molar-refractivity contribution in [1.29, 1.82) is 0 Å². The zero-order chi connectivity index (χ0) is 12.3. The molecule has 1 aromatic rings. The van der Waals surface area contributed by atoms with E-state index < -0.39 is 6.03 Å². The molecule has 0 radical (unpaired) electrons. The van der Waals surface area contributed by atoms with Gasteiger partial charge < -0.3 is 10.6 Å². The van der Waals surface area contributed by atoms with Crippen LogP contribution in [0.25, 0.3) is 0 Å². The summed E-state index contributed by atoms with van der Waals surface area (Å²) in [6, 6.07) is 5.50. The van der Waals surface area contributed by atoms with Crippen LogP contribution in [0.15, 0.2) is 23.3 Å². The second-order valence-electron chi connectivity index (χ2n) is 4.15. The molecule has 0 saturated carbocycles. The number of hydrogen-bond acceptors (Lipinski definition) is 3. The van der Waals surface area contributed by atoms with Crippen molar-refractivity contribution in [3.63, 3.8) is 0 Å². The van der Waals surface area contributed by atoms with E-state index in [4.69, 9.17) is 5.73 Å². The van der Waals surface area contributed by atoms with Gasteiger partial charge in [0.1, 0.15) is 0 Å². The number of rotatable bonds is 2. The summed E-state index contributed by atoms with van der Waals surface area (Å²) in [4.78, 5) is 12.7. The number of aryl methyl sites for hydroxylation is 1. The summed E-state index contributed by atoms with van der Waals surface area (Å²) in [6.45, 7) is 1.10. The van der Waals surface area contributed by atoms with E-state index in [9.17, 15) is 4.79 Å². The van der Waals surface area contributed by atoms with Gasteiger partial charge in [0, 0.05) is 19.3 Å². The number of benzene rings is 1. The van der Waals surface area contributed by atoms with Gasteiger partial charge in [-0.2, -0.15) is 5.10 Å². The number of nitrogens with zero attached hydrogens (tertiary/aromatic N) is 2. The van der Waals surface area contributed by atoms with Gasteiger partial charge in [0.05, 0.1) is 6.21 Å². The molecule has 0 bridgehead atoms. The van der Waals surface area contributed by atoms with E-state index >= 15 is 0 Å². The predicted octanol–water partition coefficient (Wildman–Crippen LogP) is 1.07. The molecule has 1 aliphatic rings. The van der Waals surface area contributed by atoms with Crippen molar-refractivity contribution in [3.8, 4) is 0 Å². The number of carbonyl (C=O) groups is 1. The normalized spacial score (nSPS) is 14.8. The molecule has 0 spiro atoms. The van der Waals surface area contributed by atoms with Crippen molar-refractivity contribution in [3.05, 3.63) is 29.3 Å². The fraction of sp³-hybridized carbons (Fsp3) is 0.333. The van der Waals surface area contributed by atoms with Gasteiger partial charge in [-0.05, 0) is 36.1 Å². The minimum absolute atomic E-state index is 0.654. The molecule has 2 rings (SSSR count). The summed E-state index contributed by atoms with van der Waals surface area (Å²) in [5, 5.41) is 3.75. The minimum atomic E-state index is -0.654. The van der Waals surface area contributed by atoms with E-state index in [0.29, 0.717) is 0 Å². The van der Waals surface area contributed by atoms with E-state index in [1.165, 1.54) is 17.7 Å². The molecule has 0 atom stereocenters. The SMILES string of the molecule is CN1CCCc2cc(C=NNC(N)=O)ccc21. The molecular weight excluding hydrogens is 216 g/mol. The van der Waals surface area contributed by atoms with Crippen LogP contribution in [0.2, 0.25) is 0 Å². The molecule has 1 aliphatic heterocycles. The fourth-order valence-corrected chi connectivity index (χ4v) is 2.06. The highest BCUT2D eigenvalue weighted by Gasteiger charge is 2.12. The van der Waals surface area contributed by atoms with Crippen LogP contribution in [0.5, 0.6) is 0 Å². The van der Waals surface area contributed by atoms with E-state index in [-0.39, 0.29) is 0 Å². The Labute approximate surface area is 100 Å². The summed E-state index contributed by atoms with van der Waals surface area (Å²) in [5.74, 6) is 0. The summed E-state index contributed by atoms with van der Waals surface area (Å²) >= 11 is 0. The van der Waals surface area contributed by atoms with E-state index in [0.717, 1.165) is 18.5 Å². The Morgan fingerprint density at radius 3 is 3.18 bits per heavy atom. The first-order valence-corrected chi connectivity index (χ1v) is 5.59. The number of nitrogens with two attached hydrogens (primary N) is 1. The minimum Gasteiger partial charge on any atom is -0.374 e. The third-order valence-electron chi connectivity index (χ3n) is 2.84. The van der Waals surface area contributed by atoms with Crippen LogP contribution in [-0.4, -0.2) is 25.8 Å². The maximum absolute atomic E-state index is 10.5. The number of hydrogen-bond donors (Lipinski definition) is 2. The van der Waals surface area contributed by atoms with Gasteiger partial charge in [0.2, 0.25) is 0 Å². The van der Waals surface area contributed by atoms with Gasteiger partial charge in [0.15, 0.2) is 0 Å². The van der Waals surface area contributed by atoms with Crippen LogP contribution in [0, 0.1) is 0 Å². The van der Waals surface area contributed by atoms with Crippen LogP contribution >= 0.6 is 0 Å². The van der Waals surface area contributed by atoms with Crippen molar-refractivity contribution in [1.82, 2.24) is 5.43 Å². The Kier molecular flexibility index (Phi) is 3.27. The molecule has 0 aromatic heterocycles. The third-order valence-corrected chi connectivity index (χ3v) is 2.84. The van der Waals surface area contributed by atoms with Gasteiger partial charge in [0.25, 0.3) is 0 Å². The number of amides is 2. The Hall–Kier alpha value is -2.04. The lowest BCUT2D eigenvalue weighted by Crippen LogP contribution is -2.25. The second-order valence-corrected chi connectivity index (χ2v) is 4.15. The predicted molar refractivity (Wildman–Crippen MR) is 68.3 cm³/mol. The summed E-state index contributed by atoms with van der Waals surface area (Å²) in [6.07, 6.45) is 3.86. The van der Waals surface area contributed by atoms with E-state index in [1.807, 2.05) is 6.07 Å². The Morgan fingerprint density at radius 2 is 2.41 bits per heavy atom. The largest absolute Gasteiger partial charge is 0.374 e. The molecule has 5 heteroatoms. The summed E-state index contributed by atoms with van der Waals surface area (Å²) < 4.78 is 0. The maximum Gasteiger partial charge on any atom is 0.332 e. The van der Waals surface area contributed by atoms with E-state index in [1.54, 1.807) is 6.21 Å². The van der Waals surface area contributed by atoms with Crippen molar-refractivity contribution in [2.45, 2.75) is 12.8 Å². The van der Waals surface area contributed by atoms with Gasteiger partial charge in [-0.3, -0.25) is 0 Å². The molecule has 0 aliphatic carbocycles. The van der Waals surface area contributed by atoms with Gasteiger partial charge in [-0.15, -0.1) is 0 Å². The molecule has 5 nitrogen and oxygen atoms in total. The van der Waals surface area contributed by atoms with Crippen LogP contribution in [0.1, 0.15) is 17.5 Å². The average molecular weight is 232 g/mol. The number of nitrogens with one attached hydrogen (secondary N) is 1. The van der Waals surface area contributed by atoms with Crippen LogP contribution in [0.3, 0.4) is 0 Å². The van der Waals surface area contributed by atoms with Crippen molar-refractivity contribution in [2.75, 3.05) is 18.5 Å². The maximum atomic E-state index is 10.5. The van der Waals surface area contributed by atoms with Crippen LogP contribution in [0.4, 0.5) is 10.5 Å². The van der Waals surface area contributed by atoms with Crippen molar-refractivity contribution < 1.29 is 4.79 Å². The molecule has 0 unspecified atom stereocenters. The van der Waals surface area contributed by atoms with E-state index in [2.05, 4.69) is 34.6 Å². The number of fused-ring (bicyclic) bond motifs is 1. The summed E-state index contributed by atoms with van der Waals surface area (Å²) in [7, 11) is 2.10. The van der Waals surface area contributed by atoms with Crippen molar-refractivity contribution >= 4 is 17.9 Å². The fourth-order valence-electron chi connectivity index (χ4n) is 2.06. The molecule has 1 heterocycles. The zero-order valence-electron chi connectivity index (χ0n) is 9.81. The standard InChI is InChI=1S/C12H16N4O/c1-16-6-2-3-10-7-9(4-5-11(10)16)8-14-15-12(13)17/h4-5,7-8H,2-3,6H2,1H3,(H3,13,15,17). The first kappa shape index (κ1) is 11.4. The number of urea groups is 1. The smallest absolute Gasteiger partial charge is 0.332 e. The monoisotopic (exact) mass is 232 g/mol. The lowest BCUT2D eigenvalue weighted by atomic mass is 10.00. The molecular formula is C12H16N4O. The third kappa shape index (κ3) is 2.75. The van der Waals surface area contributed by atoms with Gasteiger partial charge >= 0.3 is 6.03 Å². The average Bonchev–Trinajstić information content (AvgIpc) is 2.29. The molecule has 0 saturated heterocycles. The lowest BCUT2D eigenvalue weighted by molar-refractivity contribution is 0.249. The Morgan fingerprint density at radius 1 is 1.59 bits per heavy atom.